The average Bonchev–Trinajstić information content (AvgIpc) is 2.82. The fraction of sp³-hybridized carbons (Fsp3) is 0.846. The molecule has 0 spiro atoms. The van der Waals surface area contributed by atoms with Crippen molar-refractivity contribution in [3.8, 4) is 0 Å². The van der Waals surface area contributed by atoms with E-state index >= 15 is 0 Å². The number of carbonyl (C=O) groups is 2. The molecule has 2 amide bonds. The number of carboxylic acids is 1. The van der Waals surface area contributed by atoms with Gasteiger partial charge in [0.2, 0.25) is 0 Å². The Balaban J connectivity index is 2.11. The molecule has 2 aliphatic rings. The van der Waals surface area contributed by atoms with E-state index in [0.29, 0.717) is 12.3 Å². The van der Waals surface area contributed by atoms with Crippen molar-refractivity contribution in [2.24, 2.45) is 0 Å². The number of hydrogen-bond acceptors (Lipinski definition) is 4. The Hall–Kier alpha value is -0.950. The number of amides is 2. The maximum Gasteiger partial charge on any atom is 0.327 e. The first-order valence-electron chi connectivity index (χ1n) is 7.20. The summed E-state index contributed by atoms with van der Waals surface area (Å²) in [5.41, 5.74) is 0. The van der Waals surface area contributed by atoms with E-state index in [-0.39, 0.29) is 17.4 Å². The van der Waals surface area contributed by atoms with Gasteiger partial charge in [0, 0.05) is 18.3 Å². The molecule has 2 unspecified atom stereocenters. The number of nitrogens with zero attached hydrogens (tertiary/aromatic N) is 2. The summed E-state index contributed by atoms with van der Waals surface area (Å²) < 4.78 is 0. The Bertz CT molecular complexity index is 374. The maximum atomic E-state index is 12.8. The van der Waals surface area contributed by atoms with Crippen LogP contribution in [0.1, 0.15) is 26.7 Å². The van der Waals surface area contributed by atoms with Crippen molar-refractivity contribution in [3.63, 3.8) is 0 Å². The third kappa shape index (κ3) is 3.03. The predicted molar refractivity (Wildman–Crippen MR) is 78.9 cm³/mol. The fourth-order valence-corrected chi connectivity index (χ4v) is 4.10. The fourth-order valence-electron chi connectivity index (χ4n) is 2.94. The zero-order valence-electron chi connectivity index (χ0n) is 12.0. The van der Waals surface area contributed by atoms with E-state index in [1.165, 1.54) is 11.8 Å². The van der Waals surface area contributed by atoms with Crippen LogP contribution in [0.25, 0.3) is 0 Å². The highest BCUT2D eigenvalue weighted by atomic mass is 32.2. The summed E-state index contributed by atoms with van der Waals surface area (Å²) in [5.74, 6) is -0.428. The summed E-state index contributed by atoms with van der Waals surface area (Å²) in [6.45, 7) is 6.33. The molecule has 114 valence electrons. The minimum Gasteiger partial charge on any atom is -0.480 e. The standard InChI is InChI=1S/C13H23N3O3S/c1-3-15(10-4-6-14-7-5-10)13(19)16-9(2)20-8-11(16)12(17)18/h9-11,14H,3-8H2,1-2H3,(H,17,18). The third-order valence-electron chi connectivity index (χ3n) is 4.06. The van der Waals surface area contributed by atoms with Gasteiger partial charge < -0.3 is 15.3 Å². The van der Waals surface area contributed by atoms with Crippen LogP contribution in [0.4, 0.5) is 4.79 Å². The molecule has 2 N–H and O–H groups in total. The van der Waals surface area contributed by atoms with E-state index in [1.54, 1.807) is 4.90 Å². The molecule has 2 aliphatic heterocycles. The lowest BCUT2D eigenvalue weighted by molar-refractivity contribution is -0.141. The van der Waals surface area contributed by atoms with Crippen molar-refractivity contribution in [1.29, 1.82) is 0 Å². The number of aliphatic carboxylic acids is 1. The number of urea groups is 1. The van der Waals surface area contributed by atoms with Crippen molar-refractivity contribution < 1.29 is 14.7 Å². The van der Waals surface area contributed by atoms with Crippen molar-refractivity contribution in [1.82, 2.24) is 15.1 Å². The molecule has 0 aromatic heterocycles. The number of hydrogen-bond donors (Lipinski definition) is 2. The lowest BCUT2D eigenvalue weighted by Crippen LogP contribution is -2.55. The summed E-state index contributed by atoms with van der Waals surface area (Å²) in [4.78, 5) is 27.5. The molecule has 0 bridgehead atoms. The number of nitrogens with one attached hydrogen (secondary N) is 1. The first-order valence-corrected chi connectivity index (χ1v) is 8.25. The normalized spacial score (nSPS) is 27.6. The van der Waals surface area contributed by atoms with Crippen molar-refractivity contribution in [2.45, 2.75) is 44.1 Å². The highest BCUT2D eigenvalue weighted by Gasteiger charge is 2.42. The summed E-state index contributed by atoms with van der Waals surface area (Å²) in [6, 6.07) is -0.594. The van der Waals surface area contributed by atoms with Gasteiger partial charge in [0.25, 0.3) is 0 Å². The van der Waals surface area contributed by atoms with Crippen molar-refractivity contribution in [2.75, 3.05) is 25.4 Å². The smallest absolute Gasteiger partial charge is 0.327 e. The van der Waals surface area contributed by atoms with E-state index < -0.39 is 12.0 Å². The molecule has 0 saturated carbocycles. The quantitative estimate of drug-likeness (QED) is 0.814. The van der Waals surface area contributed by atoms with Crippen LogP contribution in [0.15, 0.2) is 0 Å². The number of rotatable bonds is 3. The van der Waals surface area contributed by atoms with Gasteiger partial charge in [-0.1, -0.05) is 0 Å². The summed E-state index contributed by atoms with van der Waals surface area (Å²) in [7, 11) is 0. The molecule has 2 atom stereocenters. The second-order valence-electron chi connectivity index (χ2n) is 5.24. The van der Waals surface area contributed by atoms with Gasteiger partial charge in [0.1, 0.15) is 6.04 Å². The molecule has 20 heavy (non-hydrogen) atoms. The van der Waals surface area contributed by atoms with Gasteiger partial charge in [-0.3, -0.25) is 4.90 Å². The minimum atomic E-state index is -0.906. The van der Waals surface area contributed by atoms with Crippen LogP contribution in [-0.4, -0.2) is 69.8 Å². The van der Waals surface area contributed by atoms with Crippen LogP contribution in [0.5, 0.6) is 0 Å². The second kappa shape index (κ2) is 6.67. The molecule has 0 aliphatic carbocycles. The Morgan fingerprint density at radius 1 is 1.40 bits per heavy atom. The summed E-state index contributed by atoms with van der Waals surface area (Å²) in [6.07, 6.45) is 1.87. The molecule has 2 saturated heterocycles. The van der Waals surface area contributed by atoms with Crippen LogP contribution in [0.3, 0.4) is 0 Å². The van der Waals surface area contributed by atoms with E-state index in [0.717, 1.165) is 25.9 Å². The Labute approximate surface area is 123 Å². The molecule has 0 radical (unpaired) electrons. The molecule has 2 fully saturated rings. The molecule has 0 aromatic rings. The molecule has 2 heterocycles. The number of carbonyl (C=O) groups excluding carboxylic acids is 1. The topological polar surface area (TPSA) is 72.9 Å². The zero-order chi connectivity index (χ0) is 14.7. The number of carboxylic acid groups (broad SMARTS) is 1. The molecule has 6 nitrogen and oxygen atoms in total. The first kappa shape index (κ1) is 15.4. The monoisotopic (exact) mass is 301 g/mol. The van der Waals surface area contributed by atoms with Crippen molar-refractivity contribution >= 4 is 23.8 Å². The summed E-state index contributed by atoms with van der Waals surface area (Å²) in [5, 5.41) is 12.5. The van der Waals surface area contributed by atoms with E-state index in [4.69, 9.17) is 0 Å². The Morgan fingerprint density at radius 3 is 2.60 bits per heavy atom. The van der Waals surface area contributed by atoms with Gasteiger partial charge >= 0.3 is 12.0 Å². The van der Waals surface area contributed by atoms with Crippen LogP contribution < -0.4 is 5.32 Å². The molecule has 7 heteroatoms. The first-order chi connectivity index (χ1) is 9.56. The second-order valence-corrected chi connectivity index (χ2v) is 6.59. The Morgan fingerprint density at radius 2 is 2.05 bits per heavy atom. The van der Waals surface area contributed by atoms with E-state index in [9.17, 15) is 14.7 Å². The van der Waals surface area contributed by atoms with Gasteiger partial charge in [-0.15, -0.1) is 11.8 Å². The SMILES string of the molecule is CCN(C(=O)N1C(C)SCC1C(=O)O)C1CCNCC1. The average molecular weight is 301 g/mol. The molecule has 0 aromatic carbocycles. The van der Waals surface area contributed by atoms with Crippen molar-refractivity contribution in [3.05, 3.63) is 0 Å². The Kier molecular flexibility index (Phi) is 5.15. The van der Waals surface area contributed by atoms with E-state index in [1.807, 2.05) is 18.7 Å². The van der Waals surface area contributed by atoms with Gasteiger partial charge in [-0.05, 0) is 39.8 Å². The van der Waals surface area contributed by atoms with Gasteiger partial charge in [0.05, 0.1) is 5.37 Å². The van der Waals surface area contributed by atoms with Crippen LogP contribution in [0.2, 0.25) is 0 Å². The van der Waals surface area contributed by atoms with Crippen LogP contribution in [0, 0.1) is 0 Å². The molecule has 2 rings (SSSR count). The highest BCUT2D eigenvalue weighted by molar-refractivity contribution is 8.00. The highest BCUT2D eigenvalue weighted by Crippen LogP contribution is 2.30. The van der Waals surface area contributed by atoms with Gasteiger partial charge in [-0.25, -0.2) is 9.59 Å². The van der Waals surface area contributed by atoms with E-state index in [2.05, 4.69) is 5.32 Å². The molecular formula is C13H23N3O3S. The number of thioether (sulfide) groups is 1. The minimum absolute atomic E-state index is 0.0700. The largest absolute Gasteiger partial charge is 0.480 e. The van der Waals surface area contributed by atoms with Crippen LogP contribution in [-0.2, 0) is 4.79 Å². The summed E-state index contributed by atoms with van der Waals surface area (Å²) >= 11 is 1.53. The maximum absolute atomic E-state index is 12.8. The predicted octanol–water partition coefficient (Wildman–Crippen LogP) is 1.03. The third-order valence-corrected chi connectivity index (χ3v) is 5.28. The molecular weight excluding hydrogens is 278 g/mol. The zero-order valence-corrected chi connectivity index (χ0v) is 12.9. The van der Waals surface area contributed by atoms with Gasteiger partial charge in [-0.2, -0.15) is 0 Å². The van der Waals surface area contributed by atoms with Crippen LogP contribution >= 0.6 is 11.8 Å². The lowest BCUT2D eigenvalue weighted by Gasteiger charge is -2.38. The number of piperidine rings is 1. The lowest BCUT2D eigenvalue weighted by atomic mass is 10.1. The van der Waals surface area contributed by atoms with Gasteiger partial charge in [0.15, 0.2) is 0 Å².